The van der Waals surface area contributed by atoms with Gasteiger partial charge in [-0.3, -0.25) is 0 Å². The minimum absolute atomic E-state index is 0. The Kier molecular flexibility index (Phi) is 16.2. The van der Waals surface area contributed by atoms with E-state index in [9.17, 15) is 0 Å². The minimum Gasteiger partial charge on any atom is -1.00 e. The van der Waals surface area contributed by atoms with Crippen molar-refractivity contribution in [3.8, 4) is 0 Å². The summed E-state index contributed by atoms with van der Waals surface area (Å²) < 4.78 is 0. The summed E-state index contributed by atoms with van der Waals surface area (Å²) in [7, 11) is 0. The van der Waals surface area contributed by atoms with Crippen molar-refractivity contribution >= 4 is 0 Å². The predicted octanol–water partition coefficient (Wildman–Crippen LogP) is -0.551. The summed E-state index contributed by atoms with van der Waals surface area (Å²) in [5.74, 6) is 1.36. The van der Waals surface area contributed by atoms with Crippen LogP contribution in [-0.4, -0.2) is 0 Å². The van der Waals surface area contributed by atoms with E-state index >= 15 is 0 Å². The molecule has 0 radical (unpaired) electrons. The van der Waals surface area contributed by atoms with Gasteiger partial charge in [0.1, 0.15) is 0 Å². The first-order valence-corrected chi connectivity index (χ1v) is 6.99. The van der Waals surface area contributed by atoms with Crippen molar-refractivity contribution in [2.45, 2.75) is 54.4 Å². The zero-order valence-corrected chi connectivity index (χ0v) is 17.9. The van der Waals surface area contributed by atoms with E-state index in [-0.39, 0.29) is 51.0 Å². The van der Waals surface area contributed by atoms with Crippen molar-refractivity contribution in [2.24, 2.45) is 11.8 Å². The fourth-order valence-electron chi connectivity index (χ4n) is 2.00. The standard InChI is InChI=1S/2C9H13.2ClH.Zr/c2*1-7(2)9-5-4-8(3)6-9;;;/h2*4,7H,5H2,1-3H3;2*1H;/q2*-1;;;+4/p-2. The van der Waals surface area contributed by atoms with Gasteiger partial charge in [-0.15, -0.1) is 0 Å². The molecule has 21 heavy (non-hydrogen) atoms. The molecule has 0 amide bonds. The molecule has 0 aromatic rings. The molecule has 0 fully saturated rings. The summed E-state index contributed by atoms with van der Waals surface area (Å²) in [4.78, 5) is 0. The second-order valence-corrected chi connectivity index (χ2v) is 5.79. The molecule has 0 spiro atoms. The van der Waals surface area contributed by atoms with Crippen molar-refractivity contribution in [3.63, 3.8) is 0 Å². The van der Waals surface area contributed by atoms with E-state index in [2.05, 4.69) is 65.8 Å². The van der Waals surface area contributed by atoms with Crippen LogP contribution in [0.15, 0.2) is 34.4 Å². The van der Waals surface area contributed by atoms with Crippen LogP contribution in [0.4, 0.5) is 0 Å². The molecule has 0 aliphatic heterocycles. The van der Waals surface area contributed by atoms with Gasteiger partial charge < -0.3 is 24.8 Å². The summed E-state index contributed by atoms with van der Waals surface area (Å²) in [6.45, 7) is 13.1. The Morgan fingerprint density at radius 1 is 0.762 bits per heavy atom. The van der Waals surface area contributed by atoms with Gasteiger partial charge in [0.2, 0.25) is 0 Å². The van der Waals surface area contributed by atoms with Crippen LogP contribution in [-0.2, 0) is 26.2 Å². The predicted molar refractivity (Wildman–Crippen MR) is 79.9 cm³/mol. The van der Waals surface area contributed by atoms with Crippen molar-refractivity contribution in [1.82, 2.24) is 0 Å². The quantitative estimate of drug-likeness (QED) is 0.542. The van der Waals surface area contributed by atoms with Gasteiger partial charge in [0.15, 0.2) is 0 Å². The van der Waals surface area contributed by atoms with Gasteiger partial charge in [-0.1, -0.05) is 54.4 Å². The van der Waals surface area contributed by atoms with Crippen molar-refractivity contribution in [2.75, 3.05) is 0 Å². The molecule has 0 saturated heterocycles. The van der Waals surface area contributed by atoms with Crippen molar-refractivity contribution < 1.29 is 51.0 Å². The average Bonchev–Trinajstić information content (AvgIpc) is 2.88. The van der Waals surface area contributed by atoms with Gasteiger partial charge in [0.25, 0.3) is 0 Å². The zero-order valence-electron chi connectivity index (χ0n) is 14.0. The third-order valence-electron chi connectivity index (χ3n) is 3.37. The number of halogens is 2. The van der Waals surface area contributed by atoms with Gasteiger partial charge in [0.05, 0.1) is 0 Å². The van der Waals surface area contributed by atoms with Gasteiger partial charge in [0, 0.05) is 0 Å². The van der Waals surface area contributed by atoms with Crippen LogP contribution in [0.2, 0.25) is 0 Å². The van der Waals surface area contributed by atoms with Crippen LogP contribution in [0.3, 0.4) is 0 Å². The van der Waals surface area contributed by atoms with E-state index in [4.69, 9.17) is 0 Å². The van der Waals surface area contributed by atoms with E-state index in [1.807, 2.05) is 0 Å². The number of allylic oxidation sites excluding steroid dienone is 8. The van der Waals surface area contributed by atoms with Gasteiger partial charge in [-0.25, -0.2) is 35.5 Å². The summed E-state index contributed by atoms with van der Waals surface area (Å²) >= 11 is 0. The summed E-state index contributed by atoms with van der Waals surface area (Å²) in [5, 5.41) is 0. The molecule has 0 heterocycles. The van der Waals surface area contributed by atoms with Crippen LogP contribution in [0.25, 0.3) is 0 Å². The molecule has 116 valence electrons. The Labute approximate surface area is 163 Å². The maximum absolute atomic E-state index is 3.33. The van der Waals surface area contributed by atoms with Crippen molar-refractivity contribution in [3.05, 3.63) is 46.6 Å². The summed E-state index contributed by atoms with van der Waals surface area (Å²) in [6.07, 6.45) is 13.4. The molecule has 0 bridgehead atoms. The number of hydrogen-bond donors (Lipinski definition) is 0. The Morgan fingerprint density at radius 2 is 1.05 bits per heavy atom. The second kappa shape index (κ2) is 12.9. The molecule has 0 aromatic heterocycles. The number of rotatable bonds is 2. The summed E-state index contributed by atoms with van der Waals surface area (Å²) in [6, 6.07) is 0. The first kappa shape index (κ1) is 26.3. The Bertz CT molecular complexity index is 373. The molecule has 2 aliphatic rings. The van der Waals surface area contributed by atoms with Crippen LogP contribution in [0, 0.1) is 24.0 Å². The van der Waals surface area contributed by atoms with E-state index < -0.39 is 0 Å². The fraction of sp³-hybridized carbons (Fsp3) is 0.556. The summed E-state index contributed by atoms with van der Waals surface area (Å²) in [5.41, 5.74) is 5.51. The Hall–Kier alpha value is 0.423. The van der Waals surface area contributed by atoms with E-state index in [0.717, 1.165) is 12.8 Å². The third kappa shape index (κ3) is 9.93. The van der Waals surface area contributed by atoms with Gasteiger partial charge >= 0.3 is 26.2 Å². The fourth-order valence-corrected chi connectivity index (χ4v) is 2.00. The van der Waals surface area contributed by atoms with Crippen LogP contribution < -0.4 is 24.8 Å². The van der Waals surface area contributed by atoms with Crippen LogP contribution in [0.5, 0.6) is 0 Å². The molecule has 0 saturated carbocycles. The number of hydrogen-bond acceptors (Lipinski definition) is 0. The molecular formula is C18H26Cl2Zr. The molecule has 2 aliphatic carbocycles. The maximum atomic E-state index is 3.33. The normalized spacial score (nSPS) is 15.6. The van der Waals surface area contributed by atoms with Crippen LogP contribution in [0.1, 0.15) is 54.4 Å². The molecule has 0 unspecified atom stereocenters. The SMILES string of the molecule is CC1=CCC(C(C)C)=[C-]1.CC1=CCC(C(C)C)=[C-]1.[Cl-].[Cl-].[Zr+4]. The van der Waals surface area contributed by atoms with Crippen molar-refractivity contribution in [1.29, 1.82) is 0 Å². The zero-order chi connectivity index (χ0) is 13.7. The monoisotopic (exact) mass is 402 g/mol. The maximum Gasteiger partial charge on any atom is 4.00 e. The molecule has 3 heteroatoms. The molecule has 2 rings (SSSR count). The minimum atomic E-state index is 0. The first-order valence-electron chi connectivity index (χ1n) is 6.99. The molecule has 0 atom stereocenters. The molecule has 0 aromatic carbocycles. The molecule has 0 nitrogen and oxygen atoms in total. The first-order chi connectivity index (χ1) is 8.40. The van der Waals surface area contributed by atoms with E-state index in [1.54, 1.807) is 0 Å². The molecule has 0 N–H and O–H groups in total. The molecular weight excluding hydrogens is 378 g/mol. The second-order valence-electron chi connectivity index (χ2n) is 5.79. The Morgan fingerprint density at radius 3 is 1.14 bits per heavy atom. The van der Waals surface area contributed by atoms with Crippen LogP contribution >= 0.6 is 0 Å². The van der Waals surface area contributed by atoms with Gasteiger partial charge in [-0.2, -0.15) is 11.1 Å². The van der Waals surface area contributed by atoms with Gasteiger partial charge in [-0.05, 0) is 11.8 Å². The van der Waals surface area contributed by atoms with E-state index in [0.29, 0.717) is 11.8 Å². The average molecular weight is 405 g/mol. The van der Waals surface area contributed by atoms with E-state index in [1.165, 1.54) is 22.3 Å². The third-order valence-corrected chi connectivity index (χ3v) is 3.37. The largest absolute Gasteiger partial charge is 4.00 e. The smallest absolute Gasteiger partial charge is 1.00 e. The topological polar surface area (TPSA) is 0 Å². The Balaban J connectivity index is -0.000000270.